The molecule has 1 heterocycles. The molecular formula is C12H15N3O4S. The van der Waals surface area contributed by atoms with Crippen LogP contribution in [0.2, 0.25) is 0 Å². The van der Waals surface area contributed by atoms with Crippen molar-refractivity contribution >= 4 is 21.8 Å². The summed E-state index contributed by atoms with van der Waals surface area (Å²) in [5.74, 6) is -0.741. The van der Waals surface area contributed by atoms with Crippen molar-refractivity contribution in [2.45, 2.75) is 17.9 Å². The molecule has 2 amide bonds. The molecule has 1 aliphatic heterocycles. The van der Waals surface area contributed by atoms with Crippen LogP contribution in [0.25, 0.3) is 0 Å². The third kappa shape index (κ3) is 3.55. The molecular weight excluding hydrogens is 282 g/mol. The second-order valence-corrected chi connectivity index (χ2v) is 6.18. The van der Waals surface area contributed by atoms with Crippen molar-refractivity contribution in [1.29, 1.82) is 0 Å². The van der Waals surface area contributed by atoms with E-state index >= 15 is 0 Å². The van der Waals surface area contributed by atoms with Gasteiger partial charge in [0.25, 0.3) is 0 Å². The zero-order valence-electron chi connectivity index (χ0n) is 10.6. The smallest absolute Gasteiger partial charge is 0.238 e. The molecule has 1 atom stereocenters. The van der Waals surface area contributed by atoms with E-state index in [9.17, 15) is 18.0 Å². The molecule has 7 nitrogen and oxygen atoms in total. The third-order valence-corrected chi connectivity index (χ3v) is 3.95. The Balaban J connectivity index is 1.97. The van der Waals surface area contributed by atoms with Gasteiger partial charge in [0.1, 0.15) is 0 Å². The van der Waals surface area contributed by atoms with E-state index in [2.05, 4.69) is 10.6 Å². The first-order chi connectivity index (χ1) is 9.36. The molecule has 0 bridgehead atoms. The number of rotatable bonds is 4. The Morgan fingerprint density at radius 2 is 2.20 bits per heavy atom. The van der Waals surface area contributed by atoms with Gasteiger partial charge in [-0.15, -0.1) is 0 Å². The summed E-state index contributed by atoms with van der Waals surface area (Å²) in [6.45, 7) is 0.523. The van der Waals surface area contributed by atoms with Crippen molar-refractivity contribution in [3.8, 4) is 0 Å². The van der Waals surface area contributed by atoms with E-state index < -0.39 is 10.0 Å². The van der Waals surface area contributed by atoms with E-state index in [4.69, 9.17) is 5.14 Å². The van der Waals surface area contributed by atoms with Gasteiger partial charge >= 0.3 is 0 Å². The molecule has 4 N–H and O–H groups in total. The molecule has 1 aromatic carbocycles. The Labute approximate surface area is 116 Å². The Morgan fingerprint density at radius 1 is 1.45 bits per heavy atom. The normalized spacial score (nSPS) is 18.6. The molecule has 0 aromatic heterocycles. The van der Waals surface area contributed by atoms with Crippen LogP contribution >= 0.6 is 0 Å². The Kier molecular flexibility index (Phi) is 4.05. The standard InChI is InChI=1S/C12H15N3O4S/c13-20(18,19)10-3-1-2-8(4-10)6-15-12(17)9-5-11(16)14-7-9/h1-4,9H,5-7H2,(H,14,16)(H,15,17)(H2,13,18,19). The van der Waals surface area contributed by atoms with E-state index in [1.54, 1.807) is 12.1 Å². The van der Waals surface area contributed by atoms with Crippen LogP contribution in [0.1, 0.15) is 12.0 Å². The van der Waals surface area contributed by atoms with E-state index in [0.717, 1.165) is 0 Å². The quantitative estimate of drug-likeness (QED) is 0.666. The number of nitrogens with one attached hydrogen (secondary N) is 2. The fraction of sp³-hybridized carbons (Fsp3) is 0.333. The van der Waals surface area contributed by atoms with Gasteiger partial charge in [-0.25, -0.2) is 13.6 Å². The van der Waals surface area contributed by atoms with Crippen LogP contribution < -0.4 is 15.8 Å². The van der Waals surface area contributed by atoms with Gasteiger partial charge in [-0.1, -0.05) is 12.1 Å². The lowest BCUT2D eigenvalue weighted by molar-refractivity contribution is -0.126. The highest BCUT2D eigenvalue weighted by molar-refractivity contribution is 7.89. The molecule has 1 aliphatic rings. The summed E-state index contributed by atoms with van der Waals surface area (Å²) in [6, 6.07) is 6.04. The molecule has 2 rings (SSSR count). The highest BCUT2D eigenvalue weighted by atomic mass is 32.2. The lowest BCUT2D eigenvalue weighted by Crippen LogP contribution is -2.31. The molecule has 0 aliphatic carbocycles. The SMILES string of the molecule is NS(=O)(=O)c1cccc(CNC(=O)C2CNC(=O)C2)c1. The summed E-state index contributed by atoms with van der Waals surface area (Å²) in [6.07, 6.45) is 0.184. The zero-order valence-corrected chi connectivity index (χ0v) is 11.4. The van der Waals surface area contributed by atoms with Crippen molar-refractivity contribution in [3.63, 3.8) is 0 Å². The summed E-state index contributed by atoms with van der Waals surface area (Å²) in [4.78, 5) is 22.8. The number of hydrogen-bond donors (Lipinski definition) is 3. The maximum absolute atomic E-state index is 11.8. The fourth-order valence-corrected chi connectivity index (χ4v) is 2.54. The number of benzene rings is 1. The van der Waals surface area contributed by atoms with Crippen LogP contribution in [0, 0.1) is 5.92 Å². The maximum Gasteiger partial charge on any atom is 0.238 e. The molecule has 1 saturated heterocycles. The average Bonchev–Trinajstić information content (AvgIpc) is 2.82. The molecule has 0 radical (unpaired) electrons. The van der Waals surface area contributed by atoms with Crippen LogP contribution in [0.3, 0.4) is 0 Å². The van der Waals surface area contributed by atoms with E-state index in [0.29, 0.717) is 12.1 Å². The first-order valence-electron chi connectivity index (χ1n) is 6.02. The molecule has 1 aromatic rings. The number of nitrogens with two attached hydrogens (primary N) is 1. The summed E-state index contributed by atoms with van der Waals surface area (Å²) in [7, 11) is -3.75. The first-order valence-corrected chi connectivity index (χ1v) is 7.57. The first kappa shape index (κ1) is 14.5. The third-order valence-electron chi connectivity index (χ3n) is 3.04. The second kappa shape index (κ2) is 5.59. The van der Waals surface area contributed by atoms with Crippen LogP contribution in [0.15, 0.2) is 29.2 Å². The number of carbonyl (C=O) groups excluding carboxylic acids is 2. The van der Waals surface area contributed by atoms with Crippen LogP contribution in [0.4, 0.5) is 0 Å². The summed E-state index contributed by atoms with van der Waals surface area (Å²) >= 11 is 0. The molecule has 1 unspecified atom stereocenters. The van der Waals surface area contributed by atoms with E-state index in [1.165, 1.54) is 12.1 Å². The Morgan fingerprint density at radius 3 is 2.80 bits per heavy atom. The minimum absolute atomic E-state index is 0.00181. The van der Waals surface area contributed by atoms with Gasteiger partial charge in [0.15, 0.2) is 0 Å². The lowest BCUT2D eigenvalue weighted by Gasteiger charge is -2.09. The molecule has 20 heavy (non-hydrogen) atoms. The van der Waals surface area contributed by atoms with E-state index in [1.807, 2.05) is 0 Å². The largest absolute Gasteiger partial charge is 0.355 e. The number of hydrogen-bond acceptors (Lipinski definition) is 4. The maximum atomic E-state index is 11.8. The molecule has 0 spiro atoms. The highest BCUT2D eigenvalue weighted by Gasteiger charge is 2.27. The highest BCUT2D eigenvalue weighted by Crippen LogP contribution is 2.11. The summed E-state index contributed by atoms with van der Waals surface area (Å²) in [5.41, 5.74) is 0.627. The predicted octanol–water partition coefficient (Wildman–Crippen LogP) is -0.914. The van der Waals surface area contributed by atoms with Gasteiger partial charge in [0.2, 0.25) is 21.8 Å². The van der Waals surface area contributed by atoms with Crippen molar-refractivity contribution in [2.24, 2.45) is 11.1 Å². The average molecular weight is 297 g/mol. The number of sulfonamides is 1. The number of carbonyl (C=O) groups is 2. The molecule has 8 heteroatoms. The summed E-state index contributed by atoms with van der Waals surface area (Å²) < 4.78 is 22.4. The van der Waals surface area contributed by atoms with Crippen molar-refractivity contribution in [3.05, 3.63) is 29.8 Å². The molecule has 1 fully saturated rings. The minimum Gasteiger partial charge on any atom is -0.355 e. The van der Waals surface area contributed by atoms with Gasteiger partial charge in [0.05, 0.1) is 10.8 Å². The van der Waals surface area contributed by atoms with Gasteiger partial charge < -0.3 is 10.6 Å². The van der Waals surface area contributed by atoms with Crippen molar-refractivity contribution < 1.29 is 18.0 Å². The van der Waals surface area contributed by atoms with Crippen LogP contribution in [-0.2, 0) is 26.2 Å². The van der Waals surface area contributed by atoms with Gasteiger partial charge in [0, 0.05) is 19.5 Å². The summed E-state index contributed by atoms with van der Waals surface area (Å²) in [5, 5.41) is 10.3. The van der Waals surface area contributed by atoms with Gasteiger partial charge in [-0.05, 0) is 17.7 Å². The van der Waals surface area contributed by atoms with E-state index in [-0.39, 0.29) is 35.6 Å². The van der Waals surface area contributed by atoms with Gasteiger partial charge in [-0.3, -0.25) is 9.59 Å². The molecule has 108 valence electrons. The van der Waals surface area contributed by atoms with Crippen LogP contribution in [0.5, 0.6) is 0 Å². The zero-order chi connectivity index (χ0) is 14.8. The lowest BCUT2D eigenvalue weighted by atomic mass is 10.1. The monoisotopic (exact) mass is 297 g/mol. The number of amides is 2. The minimum atomic E-state index is -3.75. The number of primary sulfonamides is 1. The fourth-order valence-electron chi connectivity index (χ4n) is 1.96. The Hall–Kier alpha value is -1.93. The van der Waals surface area contributed by atoms with Crippen molar-refractivity contribution in [1.82, 2.24) is 10.6 Å². The van der Waals surface area contributed by atoms with Crippen LogP contribution in [-0.4, -0.2) is 26.8 Å². The van der Waals surface area contributed by atoms with Gasteiger partial charge in [-0.2, -0.15) is 0 Å². The molecule has 0 saturated carbocycles. The second-order valence-electron chi connectivity index (χ2n) is 4.62. The predicted molar refractivity (Wildman–Crippen MR) is 70.8 cm³/mol. The Bertz CT molecular complexity index is 642. The van der Waals surface area contributed by atoms with Crippen molar-refractivity contribution in [2.75, 3.05) is 6.54 Å². The topological polar surface area (TPSA) is 118 Å².